The highest BCUT2D eigenvalue weighted by atomic mass is 32.2. The van der Waals surface area contributed by atoms with Crippen molar-refractivity contribution in [3.63, 3.8) is 0 Å². The largest absolute Gasteiger partial charge is 0.361 e. The van der Waals surface area contributed by atoms with Gasteiger partial charge in [0, 0.05) is 18.2 Å². The number of ketones is 1. The third-order valence-electron chi connectivity index (χ3n) is 5.09. The molecule has 0 saturated carbocycles. The second kappa shape index (κ2) is 9.23. The van der Waals surface area contributed by atoms with E-state index in [9.17, 15) is 23.3 Å². The summed E-state index contributed by atoms with van der Waals surface area (Å²) in [5.41, 5.74) is 2.84. The molecule has 9 nitrogen and oxygen atoms in total. The molecule has 0 spiro atoms. The molecule has 10 heteroatoms. The van der Waals surface area contributed by atoms with Crippen LogP contribution in [0.15, 0.2) is 17.7 Å². The van der Waals surface area contributed by atoms with E-state index in [1.807, 2.05) is 27.7 Å². The molecule has 1 aromatic carbocycles. The smallest absolute Gasteiger partial charge is 0.307 e. The first kappa shape index (κ1) is 25.3. The summed E-state index contributed by atoms with van der Waals surface area (Å²) in [7, 11) is -3.93. The lowest BCUT2D eigenvalue weighted by atomic mass is 9.90. The molecule has 0 radical (unpaired) electrons. The zero-order chi connectivity index (χ0) is 24.5. The van der Waals surface area contributed by atoms with Crippen molar-refractivity contribution >= 4 is 27.2 Å². The number of carbonyl (C=O) groups excluding carboxylic acids is 1. The normalized spacial score (nSPS) is 11.5. The van der Waals surface area contributed by atoms with Gasteiger partial charge in [-0.2, -0.15) is 13.5 Å². The van der Waals surface area contributed by atoms with Gasteiger partial charge in [-0.25, -0.2) is 4.68 Å². The highest BCUT2D eigenvalue weighted by Crippen LogP contribution is 2.35. The molecule has 1 aromatic heterocycles. The van der Waals surface area contributed by atoms with Crippen LogP contribution in [-0.4, -0.2) is 35.2 Å². The average Bonchev–Trinajstić information content (AvgIpc) is 2.92. The monoisotopic (exact) mass is 463 g/mol. The first-order valence-electron chi connectivity index (χ1n) is 10.1. The number of rotatable bonds is 8. The molecule has 0 aliphatic rings. The number of allylic oxidation sites excluding steroid dienone is 2. The van der Waals surface area contributed by atoms with Crippen LogP contribution in [0, 0.1) is 29.9 Å². The average molecular weight is 464 g/mol. The van der Waals surface area contributed by atoms with Gasteiger partial charge in [-0.3, -0.25) is 14.9 Å². The van der Waals surface area contributed by atoms with E-state index in [1.54, 1.807) is 20.8 Å². The van der Waals surface area contributed by atoms with Gasteiger partial charge in [0.15, 0.2) is 0 Å². The standard InChI is InChI=1S/C22H29N3O6S/c1-12(2)11-24-22(31-32(8,29)30)20(16(7)23-24)21(26)17-9-10-18(25(27)28)19(15(17)6)14(5)13(3)4/h9-10,12H,11H2,1-8H3. The molecule has 0 aliphatic carbocycles. The first-order chi connectivity index (χ1) is 14.7. The number of benzene rings is 1. The van der Waals surface area contributed by atoms with E-state index in [4.69, 9.17) is 4.18 Å². The fourth-order valence-corrected chi connectivity index (χ4v) is 3.93. The van der Waals surface area contributed by atoms with Crippen molar-refractivity contribution in [2.45, 2.75) is 55.0 Å². The second-order valence-corrected chi connectivity index (χ2v) is 10.0. The van der Waals surface area contributed by atoms with Crippen LogP contribution in [0.4, 0.5) is 5.69 Å². The molecule has 2 aromatic rings. The number of hydrogen-bond acceptors (Lipinski definition) is 7. The summed E-state index contributed by atoms with van der Waals surface area (Å²) in [5.74, 6) is -0.541. The van der Waals surface area contributed by atoms with Crippen LogP contribution in [0.5, 0.6) is 5.88 Å². The third kappa shape index (κ3) is 5.24. The molecule has 0 aliphatic heterocycles. The van der Waals surface area contributed by atoms with Crippen LogP contribution < -0.4 is 4.18 Å². The summed E-state index contributed by atoms with van der Waals surface area (Å²) < 4.78 is 30.4. The SMILES string of the molecule is CC(C)=C(C)c1c([N+](=O)[O-])ccc(C(=O)c2c(C)nn(CC(C)C)c2OS(C)(=O)=O)c1C. The van der Waals surface area contributed by atoms with Crippen molar-refractivity contribution in [2.75, 3.05) is 6.26 Å². The van der Waals surface area contributed by atoms with Gasteiger partial charge in [0.25, 0.3) is 5.69 Å². The topological polar surface area (TPSA) is 121 Å². The number of aromatic nitrogens is 2. The van der Waals surface area contributed by atoms with Crippen LogP contribution in [0.25, 0.3) is 5.57 Å². The van der Waals surface area contributed by atoms with Crippen LogP contribution in [0.1, 0.15) is 67.4 Å². The molecule has 0 saturated heterocycles. The number of hydrogen-bond donors (Lipinski definition) is 0. The lowest BCUT2D eigenvalue weighted by Crippen LogP contribution is -2.16. The maximum atomic E-state index is 13.6. The second-order valence-electron chi connectivity index (χ2n) is 8.47. The van der Waals surface area contributed by atoms with Crippen LogP contribution >= 0.6 is 0 Å². The summed E-state index contributed by atoms with van der Waals surface area (Å²) >= 11 is 0. The van der Waals surface area contributed by atoms with Gasteiger partial charge in [-0.05, 0) is 57.7 Å². The van der Waals surface area contributed by atoms with Gasteiger partial charge in [0.1, 0.15) is 5.56 Å². The highest BCUT2D eigenvalue weighted by molar-refractivity contribution is 7.86. The number of carbonyl (C=O) groups is 1. The number of nitro benzene ring substituents is 1. The van der Waals surface area contributed by atoms with E-state index in [0.717, 1.165) is 11.8 Å². The van der Waals surface area contributed by atoms with Crippen LogP contribution in [0.2, 0.25) is 0 Å². The van der Waals surface area contributed by atoms with Gasteiger partial charge < -0.3 is 4.18 Å². The minimum Gasteiger partial charge on any atom is -0.361 e. The molecule has 0 atom stereocenters. The summed E-state index contributed by atoms with van der Waals surface area (Å²) in [6.45, 7) is 12.9. The Morgan fingerprint density at radius 2 is 1.78 bits per heavy atom. The van der Waals surface area contributed by atoms with Gasteiger partial charge in [-0.1, -0.05) is 19.4 Å². The molecule has 174 valence electrons. The zero-order valence-electron chi connectivity index (χ0n) is 19.6. The van der Waals surface area contributed by atoms with Crippen molar-refractivity contribution in [3.8, 4) is 5.88 Å². The molecule has 32 heavy (non-hydrogen) atoms. The molecule has 0 unspecified atom stereocenters. The van der Waals surface area contributed by atoms with Crippen molar-refractivity contribution in [3.05, 3.63) is 55.8 Å². The van der Waals surface area contributed by atoms with Crippen LogP contribution in [-0.2, 0) is 16.7 Å². The number of nitrogens with zero attached hydrogens (tertiary/aromatic N) is 3. The summed E-state index contributed by atoms with van der Waals surface area (Å²) in [4.78, 5) is 24.7. The zero-order valence-corrected chi connectivity index (χ0v) is 20.5. The van der Waals surface area contributed by atoms with Crippen molar-refractivity contribution in [2.24, 2.45) is 5.92 Å². The maximum absolute atomic E-state index is 13.6. The van der Waals surface area contributed by atoms with Crippen LogP contribution in [0.3, 0.4) is 0 Å². The molecular formula is C22H29N3O6S. The fourth-order valence-electron chi connectivity index (χ4n) is 3.47. The predicted molar refractivity (Wildman–Crippen MR) is 122 cm³/mol. The lowest BCUT2D eigenvalue weighted by molar-refractivity contribution is -0.385. The van der Waals surface area contributed by atoms with E-state index in [1.165, 1.54) is 16.8 Å². The number of nitro groups is 1. The third-order valence-corrected chi connectivity index (χ3v) is 5.55. The minimum atomic E-state index is -3.93. The first-order valence-corrected chi connectivity index (χ1v) is 11.9. The van der Waals surface area contributed by atoms with Crippen molar-refractivity contribution in [1.29, 1.82) is 0 Å². The summed E-state index contributed by atoms with van der Waals surface area (Å²) in [6.07, 6.45) is 0.900. The van der Waals surface area contributed by atoms with E-state index in [0.29, 0.717) is 28.9 Å². The van der Waals surface area contributed by atoms with Gasteiger partial charge >= 0.3 is 10.1 Å². The Bertz CT molecular complexity index is 1220. The Labute approximate surface area is 188 Å². The van der Waals surface area contributed by atoms with E-state index < -0.39 is 20.8 Å². The molecule has 0 amide bonds. The molecule has 1 heterocycles. The van der Waals surface area contributed by atoms with E-state index >= 15 is 0 Å². The van der Waals surface area contributed by atoms with Crippen molar-refractivity contribution in [1.82, 2.24) is 9.78 Å². The Kier molecular flexibility index (Phi) is 7.29. The van der Waals surface area contributed by atoms with E-state index in [-0.39, 0.29) is 28.6 Å². The Balaban J connectivity index is 2.81. The maximum Gasteiger partial charge on any atom is 0.307 e. The summed E-state index contributed by atoms with van der Waals surface area (Å²) in [5, 5.41) is 16.0. The molecule has 2 rings (SSSR count). The Morgan fingerprint density at radius 3 is 2.25 bits per heavy atom. The van der Waals surface area contributed by atoms with Gasteiger partial charge in [0.05, 0.1) is 22.4 Å². The van der Waals surface area contributed by atoms with Gasteiger partial charge in [0.2, 0.25) is 11.7 Å². The van der Waals surface area contributed by atoms with E-state index in [2.05, 4.69) is 5.10 Å². The Morgan fingerprint density at radius 1 is 1.19 bits per heavy atom. The van der Waals surface area contributed by atoms with Gasteiger partial charge in [-0.15, -0.1) is 0 Å². The predicted octanol–water partition coefficient (Wildman–Crippen LogP) is 4.45. The minimum absolute atomic E-state index is 0.0221. The molecule has 0 bridgehead atoms. The molecule has 0 N–H and O–H groups in total. The fraction of sp³-hybridized carbons (Fsp3) is 0.455. The molecule has 0 fully saturated rings. The summed E-state index contributed by atoms with van der Waals surface area (Å²) in [6, 6.07) is 2.69. The quantitative estimate of drug-likeness (QED) is 0.245. The number of aryl methyl sites for hydroxylation is 1. The highest BCUT2D eigenvalue weighted by Gasteiger charge is 2.30. The molecular weight excluding hydrogens is 434 g/mol. The Hall–Kier alpha value is -3.01. The van der Waals surface area contributed by atoms with Crippen molar-refractivity contribution < 1.29 is 22.3 Å². The lowest BCUT2D eigenvalue weighted by Gasteiger charge is -2.14.